The van der Waals surface area contributed by atoms with Crippen molar-refractivity contribution in [1.29, 1.82) is 0 Å². The van der Waals surface area contributed by atoms with Crippen molar-refractivity contribution in [3.8, 4) is 0 Å². The molecule has 0 aliphatic heterocycles. The fraction of sp³-hybridized carbons (Fsp3) is 1.00. The molecule has 5 nitrogen and oxygen atoms in total. The number of rotatable bonds is 19. The van der Waals surface area contributed by atoms with Crippen LogP contribution in [0.4, 0.5) is 0 Å². The second kappa shape index (κ2) is 19.8. The van der Waals surface area contributed by atoms with Gasteiger partial charge in [0.1, 0.15) is 0 Å². The summed E-state index contributed by atoms with van der Waals surface area (Å²) in [6, 6.07) is 0. The first-order chi connectivity index (χ1) is 11.3. The third-order valence-electron chi connectivity index (χ3n) is 3.77. The van der Waals surface area contributed by atoms with E-state index in [4.69, 9.17) is 19.9 Å². The highest BCUT2D eigenvalue weighted by Gasteiger charge is 2.06. The Bertz CT molecular complexity index is 205. The molecule has 0 aromatic rings. The van der Waals surface area contributed by atoms with Gasteiger partial charge in [0.15, 0.2) is 0 Å². The van der Waals surface area contributed by atoms with E-state index in [9.17, 15) is 0 Å². The van der Waals surface area contributed by atoms with E-state index >= 15 is 0 Å². The Balaban J connectivity index is 3.64. The summed E-state index contributed by atoms with van der Waals surface area (Å²) >= 11 is 0. The van der Waals surface area contributed by atoms with E-state index < -0.39 is 0 Å². The minimum Gasteiger partial charge on any atom is -0.396 e. The molecule has 0 aliphatic carbocycles. The van der Waals surface area contributed by atoms with Crippen LogP contribution in [-0.2, 0) is 9.68 Å². The Morgan fingerprint density at radius 2 is 1.09 bits per heavy atom. The highest BCUT2D eigenvalue weighted by atomic mass is 16.9. The summed E-state index contributed by atoms with van der Waals surface area (Å²) in [4.78, 5) is 11.2. The zero-order valence-electron chi connectivity index (χ0n) is 15.2. The molecule has 0 amide bonds. The zero-order chi connectivity index (χ0) is 17.0. The molecule has 140 valence electrons. The molecule has 0 fully saturated rings. The fourth-order valence-corrected chi connectivity index (χ4v) is 2.30. The predicted molar refractivity (Wildman–Crippen MR) is 93.9 cm³/mol. The SMILES string of the molecule is CCCCCCCCCCN(OCCCCO)OCCCCO. The van der Waals surface area contributed by atoms with Crippen LogP contribution in [0.1, 0.15) is 84.0 Å². The Labute approximate surface area is 142 Å². The fourth-order valence-electron chi connectivity index (χ4n) is 2.30. The molecule has 0 saturated heterocycles. The van der Waals surface area contributed by atoms with Crippen LogP contribution in [-0.4, -0.2) is 48.4 Å². The standard InChI is InChI=1S/C18H39NO4/c1-2-3-4-5-6-7-8-9-14-19(22-17-12-10-15-20)23-18-13-11-16-21/h20-21H,2-18H2,1H3. The van der Waals surface area contributed by atoms with Gasteiger partial charge in [-0.2, -0.15) is 0 Å². The van der Waals surface area contributed by atoms with Crippen LogP contribution >= 0.6 is 0 Å². The summed E-state index contributed by atoms with van der Waals surface area (Å²) < 4.78 is 0. The molecule has 0 rings (SSSR count). The first-order valence-corrected chi connectivity index (χ1v) is 9.60. The minimum absolute atomic E-state index is 0.207. The molecule has 0 heterocycles. The Morgan fingerprint density at radius 3 is 1.57 bits per heavy atom. The molecule has 0 spiro atoms. The molecular weight excluding hydrogens is 294 g/mol. The summed E-state index contributed by atoms with van der Waals surface area (Å²) in [7, 11) is 0. The Hall–Kier alpha value is -0.200. The second-order valence-corrected chi connectivity index (χ2v) is 6.06. The van der Waals surface area contributed by atoms with Crippen molar-refractivity contribution in [2.45, 2.75) is 84.0 Å². The molecule has 0 aromatic heterocycles. The van der Waals surface area contributed by atoms with Gasteiger partial charge in [-0.25, -0.2) is 0 Å². The topological polar surface area (TPSA) is 62.2 Å². The van der Waals surface area contributed by atoms with E-state index in [0.717, 1.165) is 38.6 Å². The van der Waals surface area contributed by atoms with Crippen LogP contribution in [0, 0.1) is 0 Å². The lowest BCUT2D eigenvalue weighted by Crippen LogP contribution is -2.27. The van der Waals surface area contributed by atoms with Crippen molar-refractivity contribution < 1.29 is 19.9 Å². The van der Waals surface area contributed by atoms with Crippen LogP contribution in [0.25, 0.3) is 0 Å². The molecule has 0 bridgehead atoms. The number of aliphatic hydroxyl groups is 2. The number of hydrogen-bond acceptors (Lipinski definition) is 5. The summed E-state index contributed by atoms with van der Waals surface area (Å²) in [5, 5.41) is 19.2. The van der Waals surface area contributed by atoms with E-state index in [-0.39, 0.29) is 13.2 Å². The van der Waals surface area contributed by atoms with Gasteiger partial charge in [-0.1, -0.05) is 57.1 Å². The van der Waals surface area contributed by atoms with Crippen LogP contribution < -0.4 is 0 Å². The van der Waals surface area contributed by atoms with Crippen molar-refractivity contribution in [2.24, 2.45) is 0 Å². The maximum absolute atomic E-state index is 8.79. The van der Waals surface area contributed by atoms with Gasteiger partial charge < -0.3 is 10.2 Å². The van der Waals surface area contributed by atoms with Crippen molar-refractivity contribution >= 4 is 0 Å². The van der Waals surface area contributed by atoms with E-state index in [2.05, 4.69) is 6.92 Å². The van der Waals surface area contributed by atoms with Crippen LogP contribution in [0.15, 0.2) is 0 Å². The molecule has 0 saturated carbocycles. The monoisotopic (exact) mass is 333 g/mol. The van der Waals surface area contributed by atoms with Crippen molar-refractivity contribution in [1.82, 2.24) is 5.23 Å². The third kappa shape index (κ3) is 18.0. The normalized spacial score (nSPS) is 11.5. The number of hydrogen-bond donors (Lipinski definition) is 2. The van der Waals surface area contributed by atoms with Crippen LogP contribution in [0.3, 0.4) is 0 Å². The van der Waals surface area contributed by atoms with Crippen molar-refractivity contribution in [3.63, 3.8) is 0 Å². The second-order valence-electron chi connectivity index (χ2n) is 6.06. The molecule has 23 heavy (non-hydrogen) atoms. The number of unbranched alkanes of at least 4 members (excludes halogenated alkanes) is 9. The van der Waals surface area contributed by atoms with Crippen LogP contribution in [0.5, 0.6) is 0 Å². The Kier molecular flexibility index (Phi) is 19.7. The quantitative estimate of drug-likeness (QED) is 0.278. The first kappa shape index (κ1) is 22.8. The summed E-state index contributed by atoms with van der Waals surface area (Å²) in [5.74, 6) is 0. The largest absolute Gasteiger partial charge is 0.396 e. The van der Waals surface area contributed by atoms with E-state index in [1.54, 1.807) is 5.23 Å². The number of hydroxylamine groups is 2. The molecule has 0 radical (unpaired) electrons. The van der Waals surface area contributed by atoms with Gasteiger partial charge in [0.05, 0.1) is 19.8 Å². The lowest BCUT2D eigenvalue weighted by Gasteiger charge is -2.21. The Morgan fingerprint density at radius 1 is 0.609 bits per heavy atom. The van der Waals surface area contributed by atoms with Gasteiger partial charge in [-0.3, -0.25) is 9.68 Å². The lowest BCUT2D eigenvalue weighted by molar-refractivity contribution is -0.369. The summed E-state index contributed by atoms with van der Waals surface area (Å²) in [6.07, 6.45) is 13.5. The van der Waals surface area contributed by atoms with Crippen molar-refractivity contribution in [3.05, 3.63) is 0 Å². The smallest absolute Gasteiger partial charge is 0.0712 e. The van der Waals surface area contributed by atoms with Gasteiger partial charge in [0.25, 0.3) is 0 Å². The maximum atomic E-state index is 8.79. The van der Waals surface area contributed by atoms with Gasteiger partial charge in [-0.05, 0) is 32.1 Å². The maximum Gasteiger partial charge on any atom is 0.0712 e. The highest BCUT2D eigenvalue weighted by molar-refractivity contribution is 4.47. The summed E-state index contributed by atoms with van der Waals surface area (Å²) in [5.41, 5.74) is 0. The van der Waals surface area contributed by atoms with Crippen LogP contribution in [0.2, 0.25) is 0 Å². The average molecular weight is 334 g/mol. The third-order valence-corrected chi connectivity index (χ3v) is 3.77. The van der Waals surface area contributed by atoms with Gasteiger partial charge in [0.2, 0.25) is 0 Å². The number of aliphatic hydroxyl groups excluding tert-OH is 2. The number of nitrogens with zero attached hydrogens (tertiary/aromatic N) is 1. The molecule has 0 atom stereocenters. The van der Waals surface area contributed by atoms with Gasteiger partial charge in [0, 0.05) is 13.2 Å². The molecule has 5 heteroatoms. The van der Waals surface area contributed by atoms with Gasteiger partial charge in [-0.15, -0.1) is 0 Å². The van der Waals surface area contributed by atoms with Crippen molar-refractivity contribution in [2.75, 3.05) is 33.0 Å². The zero-order valence-corrected chi connectivity index (χ0v) is 15.2. The lowest BCUT2D eigenvalue weighted by atomic mass is 10.1. The van der Waals surface area contributed by atoms with E-state index in [1.165, 1.54) is 44.9 Å². The average Bonchev–Trinajstić information content (AvgIpc) is 2.57. The highest BCUT2D eigenvalue weighted by Crippen LogP contribution is 2.09. The summed E-state index contributed by atoms with van der Waals surface area (Å²) in [6.45, 7) is 4.61. The molecule has 2 N–H and O–H groups in total. The minimum atomic E-state index is 0.207. The molecule has 0 aliphatic rings. The van der Waals surface area contributed by atoms with E-state index in [0.29, 0.717) is 13.2 Å². The van der Waals surface area contributed by atoms with Gasteiger partial charge >= 0.3 is 0 Å². The molecule has 0 aromatic carbocycles. The molecule has 0 unspecified atom stereocenters. The van der Waals surface area contributed by atoms with E-state index in [1.807, 2.05) is 0 Å². The predicted octanol–water partition coefficient (Wildman–Crippen LogP) is 3.84. The first-order valence-electron chi connectivity index (χ1n) is 9.60. The molecular formula is C18H39NO4.